The third-order valence-corrected chi connectivity index (χ3v) is 10.4. The SMILES string of the molecule is COc1cc(C(=O)N2CC3CCC2[C@@H]3N)cc2nc(-c3cc4ccc(-c5ccc(C(N)=O)c(F)c5C)nc4n3CC3CC3)n(C)c12. The number of rotatable bonds is 7. The first-order valence-corrected chi connectivity index (χ1v) is 15.9. The highest BCUT2D eigenvalue weighted by molar-refractivity contribution is 6.00. The number of halogens is 1. The number of imidazole rings is 1. The summed E-state index contributed by atoms with van der Waals surface area (Å²) in [6.07, 6.45) is 4.30. The number of ether oxygens (including phenoxy) is 1. The van der Waals surface area contributed by atoms with Gasteiger partial charge in [-0.1, -0.05) is 6.07 Å². The maximum Gasteiger partial charge on any atom is 0.254 e. The third-order valence-electron chi connectivity index (χ3n) is 10.4. The maximum atomic E-state index is 15.0. The summed E-state index contributed by atoms with van der Waals surface area (Å²) in [5.74, 6) is 0.732. The van der Waals surface area contributed by atoms with Crippen LogP contribution in [0.2, 0.25) is 0 Å². The minimum absolute atomic E-state index is 0.0368. The van der Waals surface area contributed by atoms with Crippen LogP contribution >= 0.6 is 0 Å². The molecule has 0 radical (unpaired) electrons. The normalized spacial score (nSPS) is 20.7. The van der Waals surface area contributed by atoms with Gasteiger partial charge in [0.2, 0.25) is 0 Å². The Morgan fingerprint density at radius 1 is 1.07 bits per heavy atom. The van der Waals surface area contributed by atoms with Crippen molar-refractivity contribution in [1.29, 1.82) is 0 Å². The molecule has 10 nitrogen and oxygen atoms in total. The molecule has 4 N–H and O–H groups in total. The Balaban J connectivity index is 1.24. The van der Waals surface area contributed by atoms with E-state index < -0.39 is 11.7 Å². The zero-order chi connectivity index (χ0) is 32.0. The Morgan fingerprint density at radius 3 is 2.54 bits per heavy atom. The van der Waals surface area contributed by atoms with Crippen LogP contribution in [0.4, 0.5) is 4.39 Å². The van der Waals surface area contributed by atoms with Crippen LogP contribution in [-0.2, 0) is 13.6 Å². The number of hydrogen-bond acceptors (Lipinski definition) is 6. The van der Waals surface area contributed by atoms with Crippen molar-refractivity contribution in [3.8, 4) is 28.5 Å². The third kappa shape index (κ3) is 4.32. The van der Waals surface area contributed by atoms with Crippen LogP contribution in [0.3, 0.4) is 0 Å². The van der Waals surface area contributed by atoms with Crippen LogP contribution < -0.4 is 16.2 Å². The smallest absolute Gasteiger partial charge is 0.254 e. The van der Waals surface area contributed by atoms with E-state index in [0.29, 0.717) is 52.0 Å². The van der Waals surface area contributed by atoms with Crippen molar-refractivity contribution >= 4 is 33.9 Å². The second-order valence-electron chi connectivity index (χ2n) is 13.1. The van der Waals surface area contributed by atoms with Gasteiger partial charge in [-0.25, -0.2) is 14.4 Å². The topological polar surface area (TPSA) is 134 Å². The lowest BCUT2D eigenvalue weighted by atomic mass is 10.0. The highest BCUT2D eigenvalue weighted by atomic mass is 19.1. The molecule has 1 aliphatic heterocycles. The molecule has 3 aliphatic rings. The zero-order valence-corrected chi connectivity index (χ0v) is 26.1. The Bertz CT molecular complexity index is 2100. The molecule has 2 aromatic carbocycles. The molecule has 5 aromatic rings. The zero-order valence-electron chi connectivity index (χ0n) is 26.1. The summed E-state index contributed by atoms with van der Waals surface area (Å²) in [4.78, 5) is 37.5. The van der Waals surface area contributed by atoms with Gasteiger partial charge in [0.15, 0.2) is 5.82 Å². The van der Waals surface area contributed by atoms with Gasteiger partial charge >= 0.3 is 0 Å². The number of primary amides is 1. The van der Waals surface area contributed by atoms with Crippen molar-refractivity contribution in [2.24, 2.45) is 30.4 Å². The Kier molecular flexibility index (Phi) is 6.47. The molecule has 2 bridgehead atoms. The van der Waals surface area contributed by atoms with Gasteiger partial charge in [0.1, 0.15) is 22.7 Å². The number of nitrogens with zero attached hydrogens (tertiary/aromatic N) is 5. The van der Waals surface area contributed by atoms with E-state index in [2.05, 4.69) is 10.6 Å². The minimum atomic E-state index is -0.804. The van der Waals surface area contributed by atoms with Crippen LogP contribution in [-0.4, -0.2) is 61.6 Å². The fraction of sp³-hybridized carbons (Fsp3) is 0.371. The van der Waals surface area contributed by atoms with Gasteiger partial charge in [-0.05, 0) is 86.4 Å². The number of carbonyl (C=O) groups excluding carboxylic acids is 2. The second-order valence-corrected chi connectivity index (χ2v) is 13.1. The lowest BCUT2D eigenvalue weighted by molar-refractivity contribution is 0.0700. The van der Waals surface area contributed by atoms with Crippen molar-refractivity contribution in [3.05, 3.63) is 65.0 Å². The summed E-state index contributed by atoms with van der Waals surface area (Å²) >= 11 is 0. The van der Waals surface area contributed by atoms with E-state index in [1.807, 2.05) is 40.8 Å². The van der Waals surface area contributed by atoms with Crippen LogP contribution in [0.15, 0.2) is 42.5 Å². The molecule has 3 aromatic heterocycles. The van der Waals surface area contributed by atoms with Crippen molar-refractivity contribution < 1.29 is 18.7 Å². The lowest BCUT2D eigenvalue weighted by Crippen LogP contribution is -2.41. The van der Waals surface area contributed by atoms with Crippen molar-refractivity contribution in [1.82, 2.24) is 24.0 Å². The van der Waals surface area contributed by atoms with Gasteiger partial charge < -0.3 is 30.2 Å². The second kappa shape index (κ2) is 10.4. The summed E-state index contributed by atoms with van der Waals surface area (Å²) < 4.78 is 25.1. The predicted octanol–water partition coefficient (Wildman–Crippen LogP) is 4.78. The van der Waals surface area contributed by atoms with Crippen molar-refractivity contribution in [2.75, 3.05) is 13.7 Å². The molecular formula is C35H36FN7O3. The van der Waals surface area contributed by atoms with E-state index in [1.54, 1.807) is 20.1 Å². The van der Waals surface area contributed by atoms with E-state index in [0.717, 1.165) is 60.3 Å². The quantitative estimate of drug-likeness (QED) is 0.269. The average molecular weight is 622 g/mol. The lowest BCUT2D eigenvalue weighted by Gasteiger charge is -2.27. The minimum Gasteiger partial charge on any atom is -0.494 e. The van der Waals surface area contributed by atoms with Crippen LogP contribution in [0, 0.1) is 24.6 Å². The molecule has 8 rings (SSSR count). The molecule has 236 valence electrons. The number of aryl methyl sites for hydroxylation is 1. The summed E-state index contributed by atoms with van der Waals surface area (Å²) in [7, 11) is 3.57. The molecule has 2 saturated carbocycles. The molecule has 4 heterocycles. The summed E-state index contributed by atoms with van der Waals surface area (Å²) in [6, 6.07) is 12.8. The summed E-state index contributed by atoms with van der Waals surface area (Å²) in [5, 5.41) is 0.932. The first kappa shape index (κ1) is 28.7. The monoisotopic (exact) mass is 621 g/mol. The largest absolute Gasteiger partial charge is 0.494 e. The van der Waals surface area contributed by atoms with E-state index >= 15 is 4.39 Å². The van der Waals surface area contributed by atoms with Gasteiger partial charge in [-0.15, -0.1) is 0 Å². The number of pyridine rings is 1. The van der Waals surface area contributed by atoms with E-state index in [4.69, 9.17) is 26.2 Å². The van der Waals surface area contributed by atoms with Gasteiger partial charge in [-0.2, -0.15) is 0 Å². The number of likely N-dealkylation sites (tertiary alicyclic amines) is 1. The molecule has 46 heavy (non-hydrogen) atoms. The standard InChI is InChI=1S/C35H36FN7O3/c1-17-22(8-9-23(29(17)36)32(38)44)24-10-6-19-13-27(42(33(19)39-24)15-18-4-5-18)34-40-25-12-21(14-28(46-3)31(25)41(34)2)35(45)43-16-20-7-11-26(43)30(20)37/h6,8-10,12-14,18,20,26,30H,4-5,7,11,15-16,37H2,1-3H3,(H2,38,44)/t20?,26?,30-/m1/s1. The molecule has 2 unspecified atom stereocenters. The van der Waals surface area contributed by atoms with Crippen LogP contribution in [0.1, 0.15) is 52.0 Å². The average Bonchev–Trinajstić information content (AvgIpc) is 3.45. The van der Waals surface area contributed by atoms with Crippen molar-refractivity contribution in [2.45, 2.75) is 51.2 Å². The van der Waals surface area contributed by atoms with Crippen molar-refractivity contribution in [3.63, 3.8) is 0 Å². The predicted molar refractivity (Wildman–Crippen MR) is 173 cm³/mol. The molecule has 0 spiro atoms. The molecule has 1 saturated heterocycles. The first-order chi connectivity index (χ1) is 22.1. The van der Waals surface area contributed by atoms with Gasteiger partial charge in [0, 0.05) is 48.7 Å². The maximum absolute atomic E-state index is 15.0. The first-order valence-electron chi connectivity index (χ1n) is 15.9. The highest BCUT2D eigenvalue weighted by Gasteiger charge is 2.47. The van der Waals surface area contributed by atoms with E-state index in [1.165, 1.54) is 6.07 Å². The number of nitrogens with two attached hydrogens (primary N) is 2. The van der Waals surface area contributed by atoms with E-state index in [-0.39, 0.29) is 23.6 Å². The van der Waals surface area contributed by atoms with Gasteiger partial charge in [-0.3, -0.25) is 9.59 Å². The summed E-state index contributed by atoms with van der Waals surface area (Å²) in [6.45, 7) is 3.09. The Hall–Kier alpha value is -4.77. The molecule has 11 heteroatoms. The van der Waals surface area contributed by atoms with Crippen LogP contribution in [0.25, 0.3) is 44.8 Å². The number of aromatic nitrogens is 4. The molecule has 3 atom stereocenters. The molecule has 2 amide bonds. The fourth-order valence-electron chi connectivity index (χ4n) is 7.63. The number of fused-ring (bicyclic) bond motifs is 4. The molecule has 3 fully saturated rings. The number of hydrogen-bond donors (Lipinski definition) is 2. The fourth-order valence-corrected chi connectivity index (χ4v) is 7.63. The Morgan fingerprint density at radius 2 is 1.87 bits per heavy atom. The number of methoxy groups -OCH3 is 1. The van der Waals surface area contributed by atoms with E-state index in [9.17, 15) is 9.59 Å². The molecule has 2 aliphatic carbocycles. The number of piperidine rings is 1. The summed E-state index contributed by atoms with van der Waals surface area (Å²) in [5.41, 5.74) is 16.8. The van der Waals surface area contributed by atoms with Crippen LogP contribution in [0.5, 0.6) is 5.75 Å². The highest BCUT2D eigenvalue weighted by Crippen LogP contribution is 2.40. The van der Waals surface area contributed by atoms with Gasteiger partial charge in [0.05, 0.1) is 29.6 Å². The Labute approximate surface area is 265 Å². The number of amides is 2. The number of carbonyl (C=O) groups is 2. The molecular weight excluding hydrogens is 585 g/mol. The number of benzene rings is 2. The van der Waals surface area contributed by atoms with Gasteiger partial charge in [0.25, 0.3) is 11.8 Å².